The van der Waals surface area contributed by atoms with Crippen LogP contribution in [0.5, 0.6) is 0 Å². The molecule has 0 radical (unpaired) electrons. The van der Waals surface area contributed by atoms with Crippen LogP contribution in [0.3, 0.4) is 0 Å². The first-order valence-corrected chi connectivity index (χ1v) is 5.74. The van der Waals surface area contributed by atoms with Crippen molar-refractivity contribution < 1.29 is 9.47 Å². The number of halogens is 1. The van der Waals surface area contributed by atoms with E-state index < -0.39 is 0 Å². The lowest BCUT2D eigenvalue weighted by Crippen LogP contribution is -2.08. The van der Waals surface area contributed by atoms with E-state index >= 15 is 0 Å². The quantitative estimate of drug-likeness (QED) is 0.582. The van der Waals surface area contributed by atoms with Gasteiger partial charge in [0.15, 0.2) is 0 Å². The number of hydrogen-bond donors (Lipinski definition) is 0. The largest absolute Gasteiger partial charge is 0.351 e. The second-order valence-electron chi connectivity index (χ2n) is 3.14. The Morgan fingerprint density at radius 2 is 2.07 bits per heavy atom. The Balaban J connectivity index is 2.12. The molecular weight excluding hydrogens is 256 g/mol. The van der Waals surface area contributed by atoms with Gasteiger partial charge in [-0.25, -0.2) is 0 Å². The molecule has 0 bridgehead atoms. The third-order valence-corrected chi connectivity index (χ3v) is 2.17. The standard InChI is InChI=1S/C12H15BrO2/c1-11(7-8-13)15-10-14-9-12-5-3-2-4-6-12/h2-8,11H,9-10H2,1H3/b8-7-. The monoisotopic (exact) mass is 270 g/mol. The topological polar surface area (TPSA) is 18.5 Å². The molecule has 0 aliphatic carbocycles. The Hall–Kier alpha value is -0.640. The van der Waals surface area contributed by atoms with Gasteiger partial charge in [-0.05, 0) is 23.5 Å². The molecule has 0 amide bonds. The lowest BCUT2D eigenvalue weighted by molar-refractivity contribution is -0.0774. The van der Waals surface area contributed by atoms with Gasteiger partial charge in [0.05, 0.1) is 12.7 Å². The highest BCUT2D eigenvalue weighted by molar-refractivity contribution is 9.11. The third kappa shape index (κ3) is 5.72. The fourth-order valence-electron chi connectivity index (χ4n) is 1.05. The van der Waals surface area contributed by atoms with Crippen LogP contribution in [0.4, 0.5) is 0 Å². The zero-order valence-electron chi connectivity index (χ0n) is 8.73. The molecule has 0 heterocycles. The summed E-state index contributed by atoms with van der Waals surface area (Å²) in [5.74, 6) is 0. The first kappa shape index (κ1) is 12.4. The predicted molar refractivity (Wildman–Crippen MR) is 64.7 cm³/mol. The highest BCUT2D eigenvalue weighted by Crippen LogP contribution is 2.01. The Labute approximate surface area is 99.0 Å². The van der Waals surface area contributed by atoms with E-state index in [4.69, 9.17) is 9.47 Å². The van der Waals surface area contributed by atoms with Gasteiger partial charge in [-0.2, -0.15) is 0 Å². The maximum absolute atomic E-state index is 5.37. The van der Waals surface area contributed by atoms with Crippen LogP contribution in [0.2, 0.25) is 0 Å². The molecule has 0 saturated heterocycles. The highest BCUT2D eigenvalue weighted by Gasteiger charge is 1.96. The normalized spacial score (nSPS) is 13.2. The smallest absolute Gasteiger partial charge is 0.147 e. The highest BCUT2D eigenvalue weighted by atomic mass is 79.9. The fraction of sp³-hybridized carbons (Fsp3) is 0.333. The summed E-state index contributed by atoms with van der Waals surface area (Å²) in [4.78, 5) is 1.79. The first-order chi connectivity index (χ1) is 7.33. The number of ether oxygens (including phenoxy) is 2. The maximum Gasteiger partial charge on any atom is 0.147 e. The number of hydrogen-bond acceptors (Lipinski definition) is 2. The second kappa shape index (κ2) is 7.63. The van der Waals surface area contributed by atoms with E-state index in [1.807, 2.05) is 43.3 Å². The minimum Gasteiger partial charge on any atom is -0.351 e. The lowest BCUT2D eigenvalue weighted by Gasteiger charge is -2.09. The molecule has 1 aromatic rings. The molecule has 0 aliphatic heterocycles. The fourth-order valence-corrected chi connectivity index (χ4v) is 1.48. The number of rotatable bonds is 6. The van der Waals surface area contributed by atoms with Crippen molar-refractivity contribution in [2.45, 2.75) is 19.6 Å². The SMILES string of the molecule is CC(/C=C\Br)OCOCc1ccccc1. The Bertz CT molecular complexity index is 285. The lowest BCUT2D eigenvalue weighted by atomic mass is 10.2. The molecule has 82 valence electrons. The van der Waals surface area contributed by atoms with E-state index in [-0.39, 0.29) is 6.10 Å². The van der Waals surface area contributed by atoms with Gasteiger partial charge in [-0.3, -0.25) is 0 Å². The molecule has 1 atom stereocenters. The van der Waals surface area contributed by atoms with Crippen molar-refractivity contribution >= 4 is 15.9 Å². The van der Waals surface area contributed by atoms with Crippen LogP contribution in [0.15, 0.2) is 41.4 Å². The zero-order chi connectivity index (χ0) is 10.9. The van der Waals surface area contributed by atoms with Gasteiger partial charge in [-0.15, -0.1) is 0 Å². The van der Waals surface area contributed by atoms with Gasteiger partial charge in [0.2, 0.25) is 0 Å². The second-order valence-corrected chi connectivity index (χ2v) is 3.67. The van der Waals surface area contributed by atoms with E-state index in [0.29, 0.717) is 13.4 Å². The average Bonchev–Trinajstić information content (AvgIpc) is 2.26. The van der Waals surface area contributed by atoms with Crippen molar-refractivity contribution in [1.82, 2.24) is 0 Å². The van der Waals surface area contributed by atoms with Gasteiger partial charge < -0.3 is 9.47 Å². The molecule has 15 heavy (non-hydrogen) atoms. The summed E-state index contributed by atoms with van der Waals surface area (Å²) >= 11 is 3.19. The molecule has 1 unspecified atom stereocenters. The van der Waals surface area contributed by atoms with Crippen molar-refractivity contribution in [1.29, 1.82) is 0 Å². The van der Waals surface area contributed by atoms with Gasteiger partial charge in [0.1, 0.15) is 6.79 Å². The van der Waals surface area contributed by atoms with Gasteiger partial charge >= 0.3 is 0 Å². The van der Waals surface area contributed by atoms with E-state index in [1.54, 1.807) is 4.99 Å². The summed E-state index contributed by atoms with van der Waals surface area (Å²) in [6, 6.07) is 10.0. The Morgan fingerprint density at radius 1 is 1.33 bits per heavy atom. The maximum atomic E-state index is 5.37. The number of benzene rings is 1. The molecule has 2 nitrogen and oxygen atoms in total. The van der Waals surface area contributed by atoms with Crippen LogP contribution in [-0.4, -0.2) is 12.9 Å². The molecule has 1 rings (SSSR count). The molecule has 0 spiro atoms. The Morgan fingerprint density at radius 3 is 2.73 bits per heavy atom. The summed E-state index contributed by atoms with van der Waals surface area (Å²) in [7, 11) is 0. The molecule has 0 aliphatic rings. The van der Waals surface area contributed by atoms with Gasteiger partial charge in [0.25, 0.3) is 0 Å². The minimum atomic E-state index is 0.0696. The summed E-state index contributed by atoms with van der Waals surface area (Å²) in [5.41, 5.74) is 1.16. The van der Waals surface area contributed by atoms with E-state index in [0.717, 1.165) is 5.56 Å². The predicted octanol–water partition coefficient (Wildman–Crippen LogP) is 3.47. The average molecular weight is 271 g/mol. The van der Waals surface area contributed by atoms with Crippen molar-refractivity contribution in [3.05, 3.63) is 47.0 Å². The molecule has 0 aromatic heterocycles. The minimum absolute atomic E-state index is 0.0696. The van der Waals surface area contributed by atoms with Gasteiger partial charge in [-0.1, -0.05) is 46.3 Å². The van der Waals surface area contributed by atoms with Crippen LogP contribution in [0, 0.1) is 0 Å². The van der Waals surface area contributed by atoms with Crippen LogP contribution < -0.4 is 0 Å². The van der Waals surface area contributed by atoms with Gasteiger partial charge in [0, 0.05) is 0 Å². The summed E-state index contributed by atoms with van der Waals surface area (Å²) in [6.07, 6.45) is 1.98. The molecule has 0 fully saturated rings. The summed E-state index contributed by atoms with van der Waals surface area (Å²) < 4.78 is 10.7. The molecule has 1 aromatic carbocycles. The Kier molecular flexibility index (Phi) is 6.32. The van der Waals surface area contributed by atoms with Crippen LogP contribution in [0.25, 0.3) is 0 Å². The van der Waals surface area contributed by atoms with Crippen molar-refractivity contribution in [2.75, 3.05) is 6.79 Å². The first-order valence-electron chi connectivity index (χ1n) is 4.83. The van der Waals surface area contributed by atoms with E-state index in [2.05, 4.69) is 15.9 Å². The molecule has 0 N–H and O–H groups in total. The molecular formula is C12H15BrO2. The third-order valence-electron chi connectivity index (χ3n) is 1.87. The molecule has 3 heteroatoms. The van der Waals surface area contributed by atoms with Crippen molar-refractivity contribution in [2.24, 2.45) is 0 Å². The van der Waals surface area contributed by atoms with E-state index in [9.17, 15) is 0 Å². The van der Waals surface area contributed by atoms with Crippen LogP contribution >= 0.6 is 15.9 Å². The van der Waals surface area contributed by atoms with Crippen molar-refractivity contribution in [3.8, 4) is 0 Å². The van der Waals surface area contributed by atoms with E-state index in [1.165, 1.54) is 0 Å². The van der Waals surface area contributed by atoms with Crippen LogP contribution in [-0.2, 0) is 16.1 Å². The molecule has 0 saturated carbocycles. The van der Waals surface area contributed by atoms with Crippen molar-refractivity contribution in [3.63, 3.8) is 0 Å². The zero-order valence-corrected chi connectivity index (χ0v) is 10.3. The van der Waals surface area contributed by atoms with Crippen LogP contribution in [0.1, 0.15) is 12.5 Å². The summed E-state index contributed by atoms with van der Waals surface area (Å²) in [6.45, 7) is 2.86. The summed E-state index contributed by atoms with van der Waals surface area (Å²) in [5, 5.41) is 0.